The van der Waals surface area contributed by atoms with Crippen LogP contribution in [-0.4, -0.2) is 57.0 Å². The fraction of sp³-hybridized carbons (Fsp3) is 0.333. The number of rotatable bonds is 8. The van der Waals surface area contributed by atoms with Gasteiger partial charge in [-0.25, -0.2) is 5.43 Å². The van der Waals surface area contributed by atoms with E-state index in [1.54, 1.807) is 37.6 Å². The van der Waals surface area contributed by atoms with E-state index in [0.717, 1.165) is 28.7 Å². The molecular weight excluding hydrogens is 509 g/mol. The number of carbonyl (C=O) groups is 1. The number of nitrogens with one attached hydrogen (secondary N) is 1. The summed E-state index contributed by atoms with van der Waals surface area (Å²) in [5, 5.41) is 5.14. The standard InChI is InChI=1S/C21H22BrCl2N3O4/c1-29-19-8-15(11-25-26-21(28)12-27-4-6-30-7-5-27)17(22)10-20(19)31-13-14-2-3-16(23)9-18(14)24/h2-3,8-11H,4-7,12-13H2,1H3,(H,26,28)/b25-11+. The molecule has 2 aromatic carbocycles. The van der Waals surface area contributed by atoms with Gasteiger partial charge in [0.05, 0.1) is 33.1 Å². The van der Waals surface area contributed by atoms with Gasteiger partial charge in [0, 0.05) is 38.7 Å². The van der Waals surface area contributed by atoms with E-state index in [-0.39, 0.29) is 19.1 Å². The maximum atomic E-state index is 12.0. The summed E-state index contributed by atoms with van der Waals surface area (Å²) in [7, 11) is 1.55. The van der Waals surface area contributed by atoms with Gasteiger partial charge in [-0.05, 0) is 40.2 Å². The molecule has 0 spiro atoms. The summed E-state index contributed by atoms with van der Waals surface area (Å²) in [6, 6.07) is 8.78. The molecule has 10 heteroatoms. The van der Waals surface area contributed by atoms with Crippen molar-refractivity contribution >= 4 is 51.3 Å². The van der Waals surface area contributed by atoms with Crippen LogP contribution >= 0.6 is 39.1 Å². The van der Waals surface area contributed by atoms with Crippen LogP contribution < -0.4 is 14.9 Å². The number of halogens is 3. The molecule has 0 bridgehead atoms. The van der Waals surface area contributed by atoms with Gasteiger partial charge >= 0.3 is 0 Å². The molecule has 1 saturated heterocycles. The largest absolute Gasteiger partial charge is 0.493 e. The number of methoxy groups -OCH3 is 1. The highest BCUT2D eigenvalue weighted by atomic mass is 79.9. The maximum absolute atomic E-state index is 12.0. The average Bonchev–Trinajstić information content (AvgIpc) is 2.75. The van der Waals surface area contributed by atoms with Crippen LogP contribution in [-0.2, 0) is 16.1 Å². The summed E-state index contributed by atoms with van der Waals surface area (Å²) in [4.78, 5) is 14.1. The Labute approximate surface area is 199 Å². The van der Waals surface area contributed by atoms with Crippen molar-refractivity contribution < 1.29 is 19.0 Å². The topological polar surface area (TPSA) is 72.4 Å². The summed E-state index contributed by atoms with van der Waals surface area (Å²) in [5.74, 6) is 0.879. The van der Waals surface area contributed by atoms with Crippen molar-refractivity contribution in [3.05, 3.63) is 56.0 Å². The van der Waals surface area contributed by atoms with E-state index in [4.69, 9.17) is 37.4 Å². The highest BCUT2D eigenvalue weighted by Crippen LogP contribution is 2.34. The van der Waals surface area contributed by atoms with Crippen LogP contribution in [0.25, 0.3) is 0 Å². The summed E-state index contributed by atoms with van der Waals surface area (Å²) in [6.45, 7) is 3.30. The zero-order valence-corrected chi connectivity index (χ0v) is 20.0. The van der Waals surface area contributed by atoms with E-state index in [1.165, 1.54) is 0 Å². The molecule has 3 rings (SSSR count). The summed E-state index contributed by atoms with van der Waals surface area (Å²) >= 11 is 15.6. The number of carbonyl (C=O) groups excluding carboxylic acids is 1. The second-order valence-electron chi connectivity index (χ2n) is 6.73. The van der Waals surface area contributed by atoms with Gasteiger partial charge in [0.1, 0.15) is 6.61 Å². The first-order chi connectivity index (χ1) is 15.0. The normalized spacial score (nSPS) is 14.6. The van der Waals surface area contributed by atoms with Gasteiger partial charge < -0.3 is 14.2 Å². The van der Waals surface area contributed by atoms with Gasteiger partial charge in [-0.15, -0.1) is 0 Å². The molecule has 0 radical (unpaired) electrons. The number of morpholine rings is 1. The Balaban J connectivity index is 1.61. The van der Waals surface area contributed by atoms with Crippen molar-refractivity contribution in [1.29, 1.82) is 0 Å². The van der Waals surface area contributed by atoms with Gasteiger partial charge in [-0.3, -0.25) is 9.69 Å². The minimum Gasteiger partial charge on any atom is -0.493 e. The first-order valence-corrected chi connectivity index (χ1v) is 11.1. The van der Waals surface area contributed by atoms with E-state index in [9.17, 15) is 4.79 Å². The quantitative estimate of drug-likeness (QED) is 0.410. The molecule has 1 aliphatic heterocycles. The summed E-state index contributed by atoms with van der Waals surface area (Å²) in [5.41, 5.74) is 4.07. The lowest BCUT2D eigenvalue weighted by atomic mass is 10.2. The molecular formula is C21H22BrCl2N3O4. The zero-order valence-electron chi connectivity index (χ0n) is 16.9. The number of nitrogens with zero attached hydrogens (tertiary/aromatic N) is 2. The SMILES string of the molecule is COc1cc(/C=N/NC(=O)CN2CCOCC2)c(Br)cc1OCc1ccc(Cl)cc1Cl. The molecule has 0 aromatic heterocycles. The number of benzene rings is 2. The predicted molar refractivity (Wildman–Crippen MR) is 124 cm³/mol. The Kier molecular flexibility index (Phi) is 8.98. The second-order valence-corrected chi connectivity index (χ2v) is 8.43. The van der Waals surface area contributed by atoms with Crippen LogP contribution in [0.4, 0.5) is 0 Å². The van der Waals surface area contributed by atoms with Crippen molar-refractivity contribution in [2.45, 2.75) is 6.61 Å². The highest BCUT2D eigenvalue weighted by molar-refractivity contribution is 9.10. The van der Waals surface area contributed by atoms with Gasteiger partial charge in [-0.1, -0.05) is 29.3 Å². The first-order valence-electron chi connectivity index (χ1n) is 9.52. The van der Waals surface area contributed by atoms with Gasteiger partial charge in [-0.2, -0.15) is 5.10 Å². The molecule has 31 heavy (non-hydrogen) atoms. The summed E-state index contributed by atoms with van der Waals surface area (Å²) < 4.78 is 17.3. The van der Waals surface area contributed by atoms with Crippen molar-refractivity contribution in [1.82, 2.24) is 10.3 Å². The van der Waals surface area contributed by atoms with Gasteiger partial charge in [0.25, 0.3) is 5.91 Å². The Morgan fingerprint density at radius 2 is 2.03 bits per heavy atom. The van der Waals surface area contributed by atoms with E-state index in [1.807, 2.05) is 11.0 Å². The van der Waals surface area contributed by atoms with Crippen molar-refractivity contribution in [2.75, 3.05) is 40.0 Å². The Morgan fingerprint density at radius 1 is 1.26 bits per heavy atom. The average molecular weight is 531 g/mol. The molecule has 166 valence electrons. The monoisotopic (exact) mass is 529 g/mol. The Bertz CT molecular complexity index is 952. The second kappa shape index (κ2) is 11.7. The fourth-order valence-corrected chi connectivity index (χ4v) is 3.78. The zero-order chi connectivity index (χ0) is 22.2. The highest BCUT2D eigenvalue weighted by Gasteiger charge is 2.14. The molecule has 0 atom stereocenters. The third-order valence-corrected chi connectivity index (χ3v) is 5.82. The number of hydrazone groups is 1. The smallest absolute Gasteiger partial charge is 0.254 e. The van der Waals surface area contributed by atoms with Crippen LogP contribution in [0.5, 0.6) is 11.5 Å². The van der Waals surface area contributed by atoms with E-state index in [0.29, 0.717) is 34.8 Å². The van der Waals surface area contributed by atoms with Crippen molar-refractivity contribution in [3.8, 4) is 11.5 Å². The van der Waals surface area contributed by atoms with Gasteiger partial charge in [0.15, 0.2) is 11.5 Å². The van der Waals surface area contributed by atoms with Crippen LogP contribution in [0.2, 0.25) is 10.0 Å². The lowest BCUT2D eigenvalue weighted by Crippen LogP contribution is -2.42. The molecule has 0 saturated carbocycles. The van der Waals surface area contributed by atoms with Crippen molar-refractivity contribution in [3.63, 3.8) is 0 Å². The maximum Gasteiger partial charge on any atom is 0.254 e. The fourth-order valence-electron chi connectivity index (χ4n) is 2.89. The van der Waals surface area contributed by atoms with E-state index < -0.39 is 0 Å². The molecule has 1 heterocycles. The minimum absolute atomic E-state index is 0.180. The number of hydrogen-bond donors (Lipinski definition) is 1. The summed E-state index contributed by atoms with van der Waals surface area (Å²) in [6.07, 6.45) is 1.55. The number of ether oxygens (including phenoxy) is 3. The molecule has 2 aromatic rings. The van der Waals surface area contributed by atoms with E-state index in [2.05, 4.69) is 26.5 Å². The van der Waals surface area contributed by atoms with Crippen LogP contribution in [0.1, 0.15) is 11.1 Å². The van der Waals surface area contributed by atoms with Crippen LogP contribution in [0.15, 0.2) is 39.9 Å². The van der Waals surface area contributed by atoms with Crippen molar-refractivity contribution in [2.24, 2.45) is 5.10 Å². The lowest BCUT2D eigenvalue weighted by Gasteiger charge is -2.25. The molecule has 1 N–H and O–H groups in total. The van der Waals surface area contributed by atoms with E-state index >= 15 is 0 Å². The number of hydrogen-bond acceptors (Lipinski definition) is 6. The molecule has 1 aliphatic rings. The lowest BCUT2D eigenvalue weighted by molar-refractivity contribution is -0.123. The Hall–Kier alpha value is -1.84. The predicted octanol–water partition coefficient (Wildman–Crippen LogP) is 4.13. The molecule has 7 nitrogen and oxygen atoms in total. The third-order valence-electron chi connectivity index (χ3n) is 4.55. The van der Waals surface area contributed by atoms with Crippen LogP contribution in [0, 0.1) is 0 Å². The third kappa shape index (κ3) is 7.08. The first kappa shape index (κ1) is 23.8. The molecule has 1 amide bonds. The molecule has 0 unspecified atom stereocenters. The minimum atomic E-state index is -0.180. The van der Waals surface area contributed by atoms with Crippen LogP contribution in [0.3, 0.4) is 0 Å². The Morgan fingerprint density at radius 3 is 2.74 bits per heavy atom. The molecule has 0 aliphatic carbocycles. The van der Waals surface area contributed by atoms with Gasteiger partial charge in [0.2, 0.25) is 0 Å². The number of amides is 1. The molecule has 1 fully saturated rings.